The number of benzene rings is 1. The second-order valence-corrected chi connectivity index (χ2v) is 9.13. The van der Waals surface area contributed by atoms with Crippen molar-refractivity contribution in [2.75, 3.05) is 19.8 Å². The van der Waals surface area contributed by atoms with Gasteiger partial charge in [0.25, 0.3) is 0 Å². The Kier molecular flexibility index (Phi) is 10.4. The van der Waals surface area contributed by atoms with Crippen molar-refractivity contribution in [1.29, 1.82) is 0 Å². The Morgan fingerprint density at radius 1 is 0.906 bits per heavy atom. The van der Waals surface area contributed by atoms with Crippen molar-refractivity contribution < 1.29 is 34.6 Å². The van der Waals surface area contributed by atoms with E-state index >= 15 is 0 Å². The van der Waals surface area contributed by atoms with E-state index in [0.29, 0.717) is 13.2 Å². The Hall–Kier alpha value is -1.08. The number of fused-ring (bicyclic) bond motifs is 1. The third-order valence-corrected chi connectivity index (χ3v) is 6.19. The van der Waals surface area contributed by atoms with Crippen LogP contribution in [0.3, 0.4) is 0 Å². The highest BCUT2D eigenvalue weighted by atomic mass is 127. The van der Waals surface area contributed by atoms with E-state index in [9.17, 15) is 20.4 Å². The Morgan fingerprint density at radius 2 is 1.62 bits per heavy atom. The predicted molar refractivity (Wildman–Crippen MR) is 127 cm³/mol. The highest BCUT2D eigenvalue weighted by molar-refractivity contribution is 14.1. The molecule has 1 aliphatic heterocycles. The highest BCUT2D eigenvalue weighted by Gasteiger charge is 2.44. The first kappa shape index (κ1) is 25.5. The molecule has 0 aliphatic carbocycles. The van der Waals surface area contributed by atoms with Gasteiger partial charge in [-0.05, 0) is 59.7 Å². The lowest BCUT2D eigenvalue weighted by Gasteiger charge is -2.39. The number of rotatable bonds is 12. The smallest absolute Gasteiger partial charge is 0.184 e. The van der Waals surface area contributed by atoms with Gasteiger partial charge in [-0.25, -0.2) is 4.98 Å². The van der Waals surface area contributed by atoms with E-state index in [4.69, 9.17) is 14.2 Å². The van der Waals surface area contributed by atoms with Gasteiger partial charge in [0.2, 0.25) is 0 Å². The Balaban J connectivity index is 1.23. The van der Waals surface area contributed by atoms with Crippen LogP contribution in [0.2, 0.25) is 0 Å². The molecule has 1 unspecified atom stereocenters. The summed E-state index contributed by atoms with van der Waals surface area (Å²) < 4.78 is 17.3. The maximum atomic E-state index is 10.1. The molecule has 0 radical (unpaired) electrons. The minimum absolute atomic E-state index is 0.364. The van der Waals surface area contributed by atoms with Gasteiger partial charge >= 0.3 is 0 Å². The quantitative estimate of drug-likeness (QED) is 0.177. The second kappa shape index (κ2) is 13.0. The number of halogens is 1. The van der Waals surface area contributed by atoms with Crippen LogP contribution in [0.4, 0.5) is 0 Å². The monoisotopic (exact) mass is 561 g/mol. The van der Waals surface area contributed by atoms with Crippen LogP contribution in [0.5, 0.6) is 5.75 Å². The molecule has 1 fully saturated rings. The van der Waals surface area contributed by atoms with Crippen LogP contribution in [0.15, 0.2) is 30.3 Å². The first-order valence-electron chi connectivity index (χ1n) is 11.1. The zero-order valence-corrected chi connectivity index (χ0v) is 20.1. The van der Waals surface area contributed by atoms with Gasteiger partial charge in [0.05, 0.1) is 18.7 Å². The zero-order valence-electron chi connectivity index (χ0n) is 18.0. The summed E-state index contributed by atoms with van der Waals surface area (Å²) in [5.74, 6) is 0.865. The molecule has 1 aliphatic rings. The van der Waals surface area contributed by atoms with Gasteiger partial charge in [-0.3, -0.25) is 0 Å². The molecule has 3 rings (SSSR count). The summed E-state index contributed by atoms with van der Waals surface area (Å²) in [5, 5.41) is 39.9. The van der Waals surface area contributed by atoms with Crippen LogP contribution in [0.25, 0.3) is 10.9 Å². The minimum atomic E-state index is -1.47. The average Bonchev–Trinajstić information content (AvgIpc) is 2.79. The number of hydrogen-bond donors (Lipinski definition) is 4. The summed E-state index contributed by atoms with van der Waals surface area (Å²) in [6.45, 7) is 0.592. The summed E-state index contributed by atoms with van der Waals surface area (Å²) in [7, 11) is 0. The summed E-state index contributed by atoms with van der Waals surface area (Å²) in [6.07, 6.45) is 0.0567. The zero-order chi connectivity index (χ0) is 22.9. The summed E-state index contributed by atoms with van der Waals surface area (Å²) >= 11 is 2.21. The number of pyridine rings is 1. The van der Waals surface area contributed by atoms with Gasteiger partial charge in [-0.1, -0.05) is 31.7 Å². The molecular formula is C23H32INO7. The van der Waals surface area contributed by atoms with E-state index < -0.39 is 37.3 Å². The normalized spacial score (nSPS) is 25.8. The molecular weight excluding hydrogens is 529 g/mol. The molecule has 1 aromatic heterocycles. The van der Waals surface area contributed by atoms with Crippen LogP contribution >= 0.6 is 22.6 Å². The van der Waals surface area contributed by atoms with Crippen molar-refractivity contribution in [2.24, 2.45) is 0 Å². The largest absolute Gasteiger partial charge is 0.494 e. The van der Waals surface area contributed by atoms with E-state index in [1.54, 1.807) is 0 Å². The Bertz CT molecular complexity index is 839. The van der Waals surface area contributed by atoms with Gasteiger partial charge in [-0.15, -0.1) is 0 Å². The lowest BCUT2D eigenvalue weighted by atomic mass is 9.99. The van der Waals surface area contributed by atoms with Crippen molar-refractivity contribution in [3.8, 4) is 5.75 Å². The third kappa shape index (κ3) is 7.21. The number of aromatic nitrogens is 1. The number of aliphatic hydroxyl groups excluding tert-OH is 4. The third-order valence-electron chi connectivity index (χ3n) is 5.58. The van der Waals surface area contributed by atoms with Crippen LogP contribution in [0, 0.1) is 3.70 Å². The standard InChI is InChI=1S/C23H32INO7/c24-19-10-7-15-13-16(8-9-17(15)25-19)30-11-5-3-1-2-4-6-12-31-22-20(27)18(14-26)32-23(29)21(22)28/h7-10,13,18,20-23,26-29H,1-6,11-12,14H2/t18-,20-,21-,22+,23?/m1/s1. The lowest BCUT2D eigenvalue weighted by molar-refractivity contribution is -0.294. The van der Waals surface area contributed by atoms with Gasteiger partial charge in [-0.2, -0.15) is 0 Å². The molecule has 9 heteroatoms. The summed E-state index contributed by atoms with van der Waals surface area (Å²) in [4.78, 5) is 4.48. The van der Waals surface area contributed by atoms with Crippen molar-refractivity contribution in [3.05, 3.63) is 34.0 Å². The van der Waals surface area contributed by atoms with Crippen molar-refractivity contribution in [3.63, 3.8) is 0 Å². The number of ether oxygens (including phenoxy) is 3. The number of unbranched alkanes of at least 4 members (excludes halogenated alkanes) is 5. The molecule has 5 atom stereocenters. The lowest BCUT2D eigenvalue weighted by Crippen LogP contribution is -2.59. The predicted octanol–water partition coefficient (Wildman–Crippen LogP) is 2.38. The summed E-state index contributed by atoms with van der Waals surface area (Å²) in [5.41, 5.74) is 0.971. The molecule has 0 saturated carbocycles. The van der Waals surface area contributed by atoms with Gasteiger partial charge in [0.15, 0.2) is 6.29 Å². The van der Waals surface area contributed by atoms with Gasteiger partial charge < -0.3 is 34.6 Å². The fraction of sp³-hybridized carbons (Fsp3) is 0.609. The molecule has 32 heavy (non-hydrogen) atoms. The van der Waals surface area contributed by atoms with E-state index in [2.05, 4.69) is 33.6 Å². The average molecular weight is 561 g/mol. The van der Waals surface area contributed by atoms with Crippen LogP contribution in [0.1, 0.15) is 38.5 Å². The molecule has 178 valence electrons. The minimum Gasteiger partial charge on any atom is -0.494 e. The molecule has 2 aromatic rings. The number of nitrogens with zero attached hydrogens (tertiary/aromatic N) is 1. The van der Waals surface area contributed by atoms with Gasteiger partial charge in [0, 0.05) is 12.0 Å². The van der Waals surface area contributed by atoms with Crippen molar-refractivity contribution in [2.45, 2.75) is 69.2 Å². The van der Waals surface area contributed by atoms with E-state index in [1.807, 2.05) is 24.3 Å². The highest BCUT2D eigenvalue weighted by Crippen LogP contribution is 2.23. The first-order valence-corrected chi connectivity index (χ1v) is 12.2. The topological polar surface area (TPSA) is 122 Å². The van der Waals surface area contributed by atoms with Crippen LogP contribution in [-0.4, -0.2) is 75.9 Å². The van der Waals surface area contributed by atoms with E-state index in [-0.39, 0.29) is 0 Å². The maximum Gasteiger partial charge on any atom is 0.184 e. The van der Waals surface area contributed by atoms with E-state index in [1.165, 1.54) is 0 Å². The Labute approximate surface area is 201 Å². The molecule has 8 nitrogen and oxygen atoms in total. The molecule has 1 aromatic carbocycles. The Morgan fingerprint density at radius 3 is 2.38 bits per heavy atom. The second-order valence-electron chi connectivity index (χ2n) is 8.02. The summed E-state index contributed by atoms with van der Waals surface area (Å²) in [6, 6.07) is 10.0. The number of aliphatic hydroxyl groups is 4. The molecule has 0 amide bonds. The first-order chi connectivity index (χ1) is 15.5. The van der Waals surface area contributed by atoms with Gasteiger partial charge in [0.1, 0.15) is 33.9 Å². The molecule has 1 saturated heterocycles. The molecule has 0 spiro atoms. The number of hydrogen-bond acceptors (Lipinski definition) is 8. The fourth-order valence-corrected chi connectivity index (χ4v) is 4.19. The molecule has 0 bridgehead atoms. The van der Waals surface area contributed by atoms with Crippen LogP contribution < -0.4 is 4.74 Å². The van der Waals surface area contributed by atoms with Crippen LogP contribution in [-0.2, 0) is 9.47 Å². The fourth-order valence-electron chi connectivity index (χ4n) is 3.75. The maximum absolute atomic E-state index is 10.1. The molecule has 2 heterocycles. The van der Waals surface area contributed by atoms with E-state index in [0.717, 1.165) is 58.9 Å². The molecule has 4 N–H and O–H groups in total. The SMILES string of the molecule is OC[C@H]1OC(O)[C@H](O)[C@@H](OCCCCCCCCOc2ccc3nc(I)ccc3c2)[C@@H]1O. The van der Waals surface area contributed by atoms with Crippen molar-refractivity contribution in [1.82, 2.24) is 4.98 Å². The van der Waals surface area contributed by atoms with Crippen molar-refractivity contribution >= 4 is 33.5 Å².